The van der Waals surface area contributed by atoms with Gasteiger partial charge in [-0.1, -0.05) is 19.6 Å². The van der Waals surface area contributed by atoms with Crippen molar-refractivity contribution in [3.05, 3.63) is 0 Å². The maximum absolute atomic E-state index is 11.6. The second kappa shape index (κ2) is 4.59. The number of nitrogens with one attached hydrogen (secondary N) is 1. The van der Waals surface area contributed by atoms with Gasteiger partial charge in [0.25, 0.3) is 0 Å². The van der Waals surface area contributed by atoms with Crippen LogP contribution in [0.5, 0.6) is 0 Å². The van der Waals surface area contributed by atoms with E-state index in [4.69, 9.17) is 4.43 Å². The molecule has 3 nitrogen and oxygen atoms in total. The summed E-state index contributed by atoms with van der Waals surface area (Å²) in [6.45, 7) is 14.5. The highest BCUT2D eigenvalue weighted by molar-refractivity contribution is 6.74. The van der Waals surface area contributed by atoms with Crippen molar-refractivity contribution in [3.63, 3.8) is 0 Å². The molecule has 0 unspecified atom stereocenters. The summed E-state index contributed by atoms with van der Waals surface area (Å²) in [4.78, 5) is 14.9. The molecule has 0 aliphatic carbocycles. The van der Waals surface area contributed by atoms with Gasteiger partial charge in [-0.3, -0.25) is 4.79 Å². The van der Waals surface area contributed by atoms with Crippen LogP contribution in [0.1, 0.15) is 6.92 Å². The highest BCUT2D eigenvalue weighted by atomic mass is 28.4. The lowest BCUT2D eigenvalue weighted by molar-refractivity contribution is -0.136. The van der Waals surface area contributed by atoms with E-state index in [9.17, 15) is 4.79 Å². The zero-order chi connectivity index (χ0) is 11.6. The molecule has 14 heavy (non-hydrogen) atoms. The Balaban J connectivity index is 4.15. The van der Waals surface area contributed by atoms with Gasteiger partial charge in [0.15, 0.2) is 0 Å². The van der Waals surface area contributed by atoms with Crippen molar-refractivity contribution in [2.45, 2.75) is 52.2 Å². The van der Waals surface area contributed by atoms with Gasteiger partial charge in [-0.2, -0.15) is 0 Å². The maximum Gasteiger partial charge on any atom is 0.308 e. The minimum absolute atomic E-state index is 0.105. The topological polar surface area (TPSA) is 38.3 Å². The smallest absolute Gasteiger partial charge is 0.308 e. The number of hydrogen-bond donors (Lipinski definition) is 1. The quantitative estimate of drug-likeness (QED) is 0.756. The average Bonchev–Trinajstić information content (AvgIpc) is 1.78. The van der Waals surface area contributed by atoms with Gasteiger partial charge in [-0.15, -0.1) is 0 Å². The summed E-state index contributed by atoms with van der Waals surface area (Å²) in [5.74, 6) is -0.105. The number of hydrogen-bond acceptors (Lipinski definition) is 3. The van der Waals surface area contributed by atoms with E-state index < -0.39 is 16.6 Å². The third-order valence-corrected chi connectivity index (χ3v) is 3.52. The van der Waals surface area contributed by atoms with E-state index in [2.05, 4.69) is 24.6 Å². The summed E-state index contributed by atoms with van der Waals surface area (Å²) < 4.78 is 5.41. The minimum atomic E-state index is -1.73. The van der Waals surface area contributed by atoms with E-state index in [-0.39, 0.29) is 12.0 Å². The van der Waals surface area contributed by atoms with Crippen LogP contribution in [0.2, 0.25) is 39.3 Å². The van der Waals surface area contributed by atoms with Gasteiger partial charge in [0.1, 0.15) is 8.24 Å². The van der Waals surface area contributed by atoms with Crippen LogP contribution in [0.25, 0.3) is 0 Å². The lowest BCUT2D eigenvalue weighted by Crippen LogP contribution is -2.51. The van der Waals surface area contributed by atoms with Crippen LogP contribution in [-0.2, 0) is 9.22 Å². The predicted octanol–water partition coefficient (Wildman–Crippen LogP) is 2.18. The second-order valence-electron chi connectivity index (χ2n) is 5.65. The largest absolute Gasteiger partial charge is 0.519 e. The van der Waals surface area contributed by atoms with Crippen LogP contribution in [0.4, 0.5) is 0 Å². The molecular weight excluding hydrogens is 210 g/mol. The second-order valence-corrected chi connectivity index (χ2v) is 14.9. The summed E-state index contributed by atoms with van der Waals surface area (Å²) in [5, 5.41) is 0. The molecule has 0 aromatic heterocycles. The number of carbonyl (C=O) groups excluding carboxylic acids is 1. The van der Waals surface area contributed by atoms with Crippen LogP contribution in [-0.4, -0.2) is 28.6 Å². The van der Waals surface area contributed by atoms with Crippen LogP contribution < -0.4 is 4.98 Å². The van der Waals surface area contributed by atoms with E-state index in [1.165, 1.54) is 0 Å². The Morgan fingerprint density at radius 3 is 1.86 bits per heavy atom. The molecule has 0 heterocycles. The molecule has 1 atom stereocenters. The van der Waals surface area contributed by atoms with E-state index in [1.807, 2.05) is 26.6 Å². The number of rotatable bonds is 4. The van der Waals surface area contributed by atoms with Gasteiger partial charge in [-0.05, 0) is 26.6 Å². The fourth-order valence-electron chi connectivity index (χ4n) is 1.10. The highest BCUT2D eigenvalue weighted by Crippen LogP contribution is 2.06. The van der Waals surface area contributed by atoms with Gasteiger partial charge < -0.3 is 9.41 Å². The predicted molar refractivity (Wildman–Crippen MR) is 65.4 cm³/mol. The lowest BCUT2D eigenvalue weighted by Gasteiger charge is -2.26. The molecule has 0 saturated heterocycles. The monoisotopic (exact) mass is 233 g/mol. The van der Waals surface area contributed by atoms with Crippen molar-refractivity contribution in [2.75, 3.05) is 0 Å². The Kier molecular flexibility index (Phi) is 4.54. The van der Waals surface area contributed by atoms with E-state index in [1.54, 1.807) is 0 Å². The molecule has 0 amide bonds. The fraction of sp³-hybridized carbons (Fsp3) is 0.889. The molecule has 0 fully saturated rings. The fourth-order valence-corrected chi connectivity index (χ4v) is 3.30. The molecule has 0 saturated carbocycles. The zero-order valence-corrected chi connectivity index (χ0v) is 12.4. The van der Waals surface area contributed by atoms with Crippen molar-refractivity contribution >= 4 is 22.5 Å². The molecule has 0 aliphatic heterocycles. The third-order valence-electron chi connectivity index (χ3n) is 1.41. The SMILES string of the molecule is C[C@H](N[Si](C)(C)C)C(=O)O[Si](C)(C)C. The van der Waals surface area contributed by atoms with Crippen LogP contribution in [0, 0.1) is 0 Å². The lowest BCUT2D eigenvalue weighted by atomic mass is 10.4. The molecule has 0 spiro atoms. The highest BCUT2D eigenvalue weighted by Gasteiger charge is 2.26. The van der Waals surface area contributed by atoms with Crippen LogP contribution in [0.15, 0.2) is 0 Å². The molecule has 0 rings (SSSR count). The first-order valence-corrected chi connectivity index (χ1v) is 11.9. The molecular formula is C9H23NO2Si2. The summed E-state index contributed by atoms with van der Waals surface area (Å²) in [7, 11) is -3.13. The molecule has 5 heteroatoms. The normalized spacial score (nSPS) is 15.1. The van der Waals surface area contributed by atoms with Crippen LogP contribution in [0.3, 0.4) is 0 Å². The van der Waals surface area contributed by atoms with Crippen molar-refractivity contribution in [1.82, 2.24) is 4.98 Å². The Labute approximate surface area is 89.4 Å². The van der Waals surface area contributed by atoms with Gasteiger partial charge >= 0.3 is 5.97 Å². The van der Waals surface area contributed by atoms with E-state index >= 15 is 0 Å². The summed E-state index contributed by atoms with van der Waals surface area (Å²) in [6, 6.07) is -0.173. The Bertz CT molecular complexity index is 206. The molecule has 0 radical (unpaired) electrons. The summed E-state index contributed by atoms with van der Waals surface area (Å²) >= 11 is 0. The first-order chi connectivity index (χ1) is 6.01. The molecule has 0 aromatic carbocycles. The molecule has 0 aromatic rings. The summed E-state index contributed by atoms with van der Waals surface area (Å²) in [6.07, 6.45) is 0. The molecule has 0 bridgehead atoms. The standard InChI is InChI=1S/C9H23NO2Si2/c1-8(10-13(2,3)4)9(11)12-14(5,6)7/h8,10H,1-7H3/t8-/m0/s1. The van der Waals surface area contributed by atoms with Crippen molar-refractivity contribution in [2.24, 2.45) is 0 Å². The maximum atomic E-state index is 11.6. The Hall–Kier alpha value is -0.136. The van der Waals surface area contributed by atoms with Crippen molar-refractivity contribution in [3.8, 4) is 0 Å². The van der Waals surface area contributed by atoms with E-state index in [0.717, 1.165) is 0 Å². The molecule has 1 N–H and O–H groups in total. The molecule has 0 aliphatic rings. The summed E-state index contributed by atoms with van der Waals surface area (Å²) in [5.41, 5.74) is 0. The third kappa shape index (κ3) is 7.28. The molecule has 84 valence electrons. The average molecular weight is 233 g/mol. The first kappa shape index (κ1) is 13.9. The van der Waals surface area contributed by atoms with Gasteiger partial charge in [0.05, 0.1) is 6.04 Å². The minimum Gasteiger partial charge on any atom is -0.519 e. The van der Waals surface area contributed by atoms with Gasteiger partial charge in [-0.25, -0.2) is 0 Å². The van der Waals surface area contributed by atoms with E-state index in [0.29, 0.717) is 0 Å². The number of carbonyl (C=O) groups is 1. The van der Waals surface area contributed by atoms with Crippen molar-refractivity contribution in [1.29, 1.82) is 0 Å². The zero-order valence-electron chi connectivity index (χ0n) is 10.4. The van der Waals surface area contributed by atoms with Gasteiger partial charge in [0.2, 0.25) is 8.32 Å². The van der Waals surface area contributed by atoms with Crippen LogP contribution >= 0.6 is 0 Å². The first-order valence-electron chi connectivity index (χ1n) is 5.02. The Morgan fingerprint density at radius 2 is 1.57 bits per heavy atom. The van der Waals surface area contributed by atoms with Gasteiger partial charge in [0, 0.05) is 0 Å². The Morgan fingerprint density at radius 1 is 1.14 bits per heavy atom. The van der Waals surface area contributed by atoms with Crippen molar-refractivity contribution < 1.29 is 9.22 Å².